The largest absolute Gasteiger partial charge is 0.385 e. The maximum Gasteiger partial charge on any atom is 0.0919 e. The summed E-state index contributed by atoms with van der Waals surface area (Å²) in [6.07, 6.45) is 12.3. The van der Waals surface area contributed by atoms with E-state index in [0.717, 1.165) is 74.4 Å². The Bertz CT molecular complexity index is 645. The van der Waals surface area contributed by atoms with E-state index in [4.69, 9.17) is 14.7 Å². The number of aliphatic imine (C=N–C) groups is 2. The van der Waals surface area contributed by atoms with Crippen molar-refractivity contribution < 1.29 is 4.74 Å². The second-order valence-corrected chi connectivity index (χ2v) is 6.74. The van der Waals surface area contributed by atoms with E-state index in [2.05, 4.69) is 55.6 Å². The van der Waals surface area contributed by atoms with Gasteiger partial charge in [-0.2, -0.15) is 0 Å². The minimum absolute atomic E-state index is 0.814. The zero-order valence-electron chi connectivity index (χ0n) is 18.1. The van der Waals surface area contributed by atoms with E-state index in [9.17, 15) is 0 Å². The lowest BCUT2D eigenvalue weighted by atomic mass is 10.0. The molecule has 0 aliphatic rings. The molecule has 4 nitrogen and oxygen atoms in total. The fourth-order valence-corrected chi connectivity index (χ4v) is 2.81. The molecule has 28 heavy (non-hydrogen) atoms. The van der Waals surface area contributed by atoms with Gasteiger partial charge in [-0.3, -0.25) is 9.98 Å². The fourth-order valence-electron chi connectivity index (χ4n) is 2.81. The summed E-state index contributed by atoms with van der Waals surface area (Å²) >= 11 is 0. The summed E-state index contributed by atoms with van der Waals surface area (Å²) in [5, 5.41) is 3.16. The number of methoxy groups -OCH3 is 1. The van der Waals surface area contributed by atoms with E-state index in [0.29, 0.717) is 0 Å². The molecule has 154 valence electrons. The zero-order chi connectivity index (χ0) is 20.5. The van der Waals surface area contributed by atoms with Gasteiger partial charge in [-0.05, 0) is 52.6 Å². The highest BCUT2D eigenvalue weighted by Crippen LogP contribution is 2.13. The number of nitrogens with zero attached hydrogens (tertiary/aromatic N) is 2. The number of hydrogen-bond acceptors (Lipinski definition) is 4. The molecule has 0 atom stereocenters. The van der Waals surface area contributed by atoms with E-state index >= 15 is 0 Å². The zero-order valence-corrected chi connectivity index (χ0v) is 18.1. The van der Waals surface area contributed by atoms with Crippen molar-refractivity contribution in [3.8, 4) is 0 Å². The first kappa shape index (κ1) is 24.0. The Labute approximate surface area is 171 Å². The Hall–Kier alpha value is -2.04. The van der Waals surface area contributed by atoms with Crippen molar-refractivity contribution >= 4 is 11.4 Å². The molecule has 0 aromatic heterocycles. The molecular formula is C24H37N3O. The average Bonchev–Trinajstić information content (AvgIpc) is 2.71. The second-order valence-electron chi connectivity index (χ2n) is 6.74. The van der Waals surface area contributed by atoms with Crippen LogP contribution in [-0.2, 0) is 4.74 Å². The van der Waals surface area contributed by atoms with Crippen LogP contribution in [0.4, 0.5) is 0 Å². The van der Waals surface area contributed by atoms with Crippen molar-refractivity contribution in [2.45, 2.75) is 52.4 Å². The third-order valence-corrected chi connectivity index (χ3v) is 4.27. The molecule has 0 saturated heterocycles. The van der Waals surface area contributed by atoms with Crippen LogP contribution in [0.1, 0.15) is 57.9 Å². The van der Waals surface area contributed by atoms with Crippen LogP contribution in [-0.4, -0.2) is 38.7 Å². The lowest BCUT2D eigenvalue weighted by Gasteiger charge is -2.11. The number of allylic oxidation sites excluding steroid dienone is 2. The Morgan fingerprint density at radius 3 is 2.61 bits per heavy atom. The average molecular weight is 384 g/mol. The predicted octanol–water partition coefficient (Wildman–Crippen LogP) is 5.56. The molecule has 0 radical (unpaired) electrons. The first-order valence-corrected chi connectivity index (χ1v) is 10.4. The molecule has 0 aliphatic heterocycles. The molecule has 0 amide bonds. The van der Waals surface area contributed by atoms with Gasteiger partial charge in [0.25, 0.3) is 0 Å². The monoisotopic (exact) mass is 383 g/mol. The van der Waals surface area contributed by atoms with E-state index in [1.165, 1.54) is 0 Å². The van der Waals surface area contributed by atoms with Gasteiger partial charge in [0.05, 0.1) is 11.4 Å². The van der Waals surface area contributed by atoms with Crippen molar-refractivity contribution in [1.29, 1.82) is 0 Å². The van der Waals surface area contributed by atoms with Gasteiger partial charge in [0.15, 0.2) is 0 Å². The van der Waals surface area contributed by atoms with Gasteiger partial charge >= 0.3 is 0 Å². The number of benzene rings is 1. The van der Waals surface area contributed by atoms with Crippen molar-refractivity contribution in [3.05, 3.63) is 59.9 Å². The van der Waals surface area contributed by atoms with Gasteiger partial charge in [-0.15, -0.1) is 0 Å². The maximum atomic E-state index is 5.17. The molecule has 0 spiro atoms. The number of ether oxygens (including phenoxy) is 1. The third kappa shape index (κ3) is 10.3. The molecule has 0 unspecified atom stereocenters. The van der Waals surface area contributed by atoms with Crippen molar-refractivity contribution in [3.63, 3.8) is 0 Å². The standard InChI is InChI=1S/C24H37N3O/c1-5-14-21(2)27-24(22-15-8-6-9-16-22)23(17-10-7-13-20-28-4)26-19-12-11-18-25-3/h6,8-9,12,14-16,19,25H,5,7,10-11,13,17-18,20H2,1-4H3/b19-12+,21-14+,26-23?,27-24?. The van der Waals surface area contributed by atoms with Crippen LogP contribution in [0.15, 0.2) is 64.4 Å². The van der Waals surface area contributed by atoms with Crippen LogP contribution in [0.25, 0.3) is 0 Å². The van der Waals surface area contributed by atoms with Gasteiger partial charge in [0, 0.05) is 31.2 Å². The van der Waals surface area contributed by atoms with Gasteiger partial charge in [0.2, 0.25) is 0 Å². The minimum atomic E-state index is 0.814. The van der Waals surface area contributed by atoms with Gasteiger partial charge < -0.3 is 10.1 Å². The van der Waals surface area contributed by atoms with Crippen LogP contribution in [0.3, 0.4) is 0 Å². The Balaban J connectivity index is 3.11. The molecule has 1 aromatic rings. The Kier molecular flexibility index (Phi) is 13.7. The molecular weight excluding hydrogens is 346 g/mol. The number of unbranched alkanes of at least 4 members (excludes halogenated alkanes) is 2. The Morgan fingerprint density at radius 1 is 1.14 bits per heavy atom. The predicted molar refractivity (Wildman–Crippen MR) is 122 cm³/mol. The first-order chi connectivity index (χ1) is 13.7. The summed E-state index contributed by atoms with van der Waals surface area (Å²) in [5.41, 5.74) is 4.18. The number of rotatable bonds is 14. The summed E-state index contributed by atoms with van der Waals surface area (Å²) in [7, 11) is 3.72. The molecule has 1 N–H and O–H groups in total. The smallest absolute Gasteiger partial charge is 0.0919 e. The lowest BCUT2D eigenvalue weighted by Crippen LogP contribution is -2.16. The van der Waals surface area contributed by atoms with Crippen molar-refractivity contribution in [1.82, 2.24) is 5.32 Å². The number of nitrogens with one attached hydrogen (secondary N) is 1. The van der Waals surface area contributed by atoms with Crippen LogP contribution in [0.5, 0.6) is 0 Å². The summed E-state index contributed by atoms with van der Waals surface area (Å²) in [5.74, 6) is 0. The summed E-state index contributed by atoms with van der Waals surface area (Å²) in [4.78, 5) is 9.77. The van der Waals surface area contributed by atoms with Gasteiger partial charge in [-0.1, -0.05) is 55.8 Å². The highest BCUT2D eigenvalue weighted by atomic mass is 16.5. The van der Waals surface area contributed by atoms with Gasteiger partial charge in [0.1, 0.15) is 0 Å². The topological polar surface area (TPSA) is 46.0 Å². The van der Waals surface area contributed by atoms with Crippen molar-refractivity contribution in [2.75, 3.05) is 27.3 Å². The fraction of sp³-hybridized carbons (Fsp3) is 0.500. The quantitative estimate of drug-likeness (QED) is 0.338. The first-order valence-electron chi connectivity index (χ1n) is 10.4. The molecule has 4 heteroatoms. The van der Waals surface area contributed by atoms with Crippen LogP contribution in [0.2, 0.25) is 0 Å². The minimum Gasteiger partial charge on any atom is -0.385 e. The normalized spacial score (nSPS) is 13.5. The highest BCUT2D eigenvalue weighted by molar-refractivity contribution is 6.48. The maximum absolute atomic E-state index is 5.17. The number of hydrogen-bond donors (Lipinski definition) is 1. The van der Waals surface area contributed by atoms with Crippen LogP contribution < -0.4 is 5.32 Å². The Morgan fingerprint density at radius 2 is 1.93 bits per heavy atom. The van der Waals surface area contributed by atoms with E-state index in [1.807, 2.05) is 19.3 Å². The van der Waals surface area contributed by atoms with E-state index in [-0.39, 0.29) is 0 Å². The van der Waals surface area contributed by atoms with Crippen LogP contribution >= 0.6 is 0 Å². The summed E-state index contributed by atoms with van der Waals surface area (Å²) < 4.78 is 5.17. The summed E-state index contributed by atoms with van der Waals surface area (Å²) in [6.45, 7) is 5.96. The van der Waals surface area contributed by atoms with Crippen molar-refractivity contribution in [2.24, 2.45) is 9.98 Å². The van der Waals surface area contributed by atoms with E-state index in [1.54, 1.807) is 7.11 Å². The molecule has 0 fully saturated rings. The van der Waals surface area contributed by atoms with E-state index < -0.39 is 0 Å². The van der Waals surface area contributed by atoms with Gasteiger partial charge in [-0.25, -0.2) is 0 Å². The SMILES string of the molecule is CC/C=C(\C)N=C(C(CCCCCOC)=N/C=C/CCNC)c1ccccc1. The molecule has 0 aliphatic carbocycles. The molecule has 0 heterocycles. The molecule has 0 saturated carbocycles. The molecule has 1 rings (SSSR count). The third-order valence-electron chi connectivity index (χ3n) is 4.27. The van der Waals surface area contributed by atoms with Crippen LogP contribution in [0, 0.1) is 0 Å². The lowest BCUT2D eigenvalue weighted by molar-refractivity contribution is 0.192. The summed E-state index contributed by atoms with van der Waals surface area (Å²) in [6, 6.07) is 10.4. The highest BCUT2D eigenvalue weighted by Gasteiger charge is 2.12. The molecule has 1 aromatic carbocycles. The molecule has 0 bridgehead atoms. The second kappa shape index (κ2) is 16.0.